The van der Waals surface area contributed by atoms with Crippen LogP contribution >= 0.6 is 0 Å². The second-order valence-corrected chi connectivity index (χ2v) is 7.69. The third-order valence-corrected chi connectivity index (χ3v) is 5.02. The second-order valence-electron chi connectivity index (χ2n) is 7.69. The molecule has 0 bridgehead atoms. The van der Waals surface area contributed by atoms with E-state index in [4.69, 9.17) is 0 Å². The van der Waals surface area contributed by atoms with Crippen molar-refractivity contribution < 1.29 is 19.2 Å². The van der Waals surface area contributed by atoms with Crippen LogP contribution < -0.4 is 5.32 Å². The van der Waals surface area contributed by atoms with Gasteiger partial charge in [-0.25, -0.2) is 0 Å². The van der Waals surface area contributed by atoms with Gasteiger partial charge in [0.1, 0.15) is 12.6 Å². The molecule has 0 atom stereocenters. The van der Waals surface area contributed by atoms with Gasteiger partial charge in [-0.2, -0.15) is 0 Å². The molecule has 7 heteroatoms. The van der Waals surface area contributed by atoms with Crippen LogP contribution in [0.25, 0.3) is 0 Å². The first kappa shape index (κ1) is 28.1. The van der Waals surface area contributed by atoms with Crippen molar-refractivity contribution in [1.29, 1.82) is 0 Å². The van der Waals surface area contributed by atoms with Crippen molar-refractivity contribution in [2.45, 2.75) is 90.4 Å². The van der Waals surface area contributed by atoms with Crippen molar-refractivity contribution in [3.8, 4) is 0 Å². The molecule has 0 saturated carbocycles. The molecule has 0 aliphatic heterocycles. The zero-order chi connectivity index (χ0) is 22.3. The van der Waals surface area contributed by atoms with Gasteiger partial charge in [-0.3, -0.25) is 14.6 Å². The SMILES string of the molecule is CC(=O)C(=NCCCN(CCCCCCCC=O)CCCCCCCC=O)NC=O. The Morgan fingerprint density at radius 1 is 0.733 bits per heavy atom. The summed E-state index contributed by atoms with van der Waals surface area (Å²) >= 11 is 0. The molecule has 30 heavy (non-hydrogen) atoms. The summed E-state index contributed by atoms with van der Waals surface area (Å²) in [6.45, 7) is 4.94. The first-order valence-electron chi connectivity index (χ1n) is 11.5. The molecule has 0 aliphatic carbocycles. The Hall–Kier alpha value is -1.89. The smallest absolute Gasteiger partial charge is 0.212 e. The number of hydrogen-bond acceptors (Lipinski definition) is 6. The number of amidine groups is 1. The Bertz CT molecular complexity index is 473. The Balaban J connectivity index is 4.22. The van der Waals surface area contributed by atoms with E-state index in [1.165, 1.54) is 32.6 Å². The van der Waals surface area contributed by atoms with Crippen molar-refractivity contribution in [2.75, 3.05) is 26.2 Å². The van der Waals surface area contributed by atoms with E-state index in [2.05, 4.69) is 15.2 Å². The van der Waals surface area contributed by atoms with Crippen LogP contribution in [0.15, 0.2) is 4.99 Å². The van der Waals surface area contributed by atoms with Crippen molar-refractivity contribution in [3.63, 3.8) is 0 Å². The Morgan fingerprint density at radius 3 is 1.67 bits per heavy atom. The lowest BCUT2D eigenvalue weighted by atomic mass is 10.1. The van der Waals surface area contributed by atoms with Gasteiger partial charge >= 0.3 is 0 Å². The molecule has 172 valence electrons. The number of amides is 1. The Labute approximate surface area is 182 Å². The zero-order valence-electron chi connectivity index (χ0n) is 18.8. The van der Waals surface area contributed by atoms with Crippen LogP contribution in [-0.4, -0.2) is 61.7 Å². The fraction of sp³-hybridized carbons (Fsp3) is 0.783. The number of carbonyl (C=O) groups is 4. The molecule has 0 aromatic carbocycles. The van der Waals surface area contributed by atoms with E-state index in [-0.39, 0.29) is 11.6 Å². The number of unbranched alkanes of at least 4 members (excludes halogenated alkanes) is 10. The number of nitrogens with zero attached hydrogens (tertiary/aromatic N) is 2. The molecule has 0 unspecified atom stereocenters. The van der Waals surface area contributed by atoms with Gasteiger partial charge < -0.3 is 19.8 Å². The van der Waals surface area contributed by atoms with Crippen molar-refractivity contribution in [2.24, 2.45) is 4.99 Å². The lowest BCUT2D eigenvalue weighted by Gasteiger charge is -2.22. The van der Waals surface area contributed by atoms with E-state index >= 15 is 0 Å². The number of carbonyl (C=O) groups excluding carboxylic acids is 4. The zero-order valence-corrected chi connectivity index (χ0v) is 18.8. The predicted octanol–water partition coefficient (Wildman–Crippen LogP) is 3.49. The Kier molecular flexibility index (Phi) is 20.4. The quantitative estimate of drug-likeness (QED) is 0.124. The van der Waals surface area contributed by atoms with Gasteiger partial charge in [0.15, 0.2) is 11.6 Å². The van der Waals surface area contributed by atoms with E-state index in [0.29, 0.717) is 25.8 Å². The monoisotopic (exact) mass is 423 g/mol. The summed E-state index contributed by atoms with van der Waals surface area (Å²) in [7, 11) is 0. The third-order valence-electron chi connectivity index (χ3n) is 5.02. The van der Waals surface area contributed by atoms with Gasteiger partial charge in [0.25, 0.3) is 0 Å². The van der Waals surface area contributed by atoms with Gasteiger partial charge in [-0.15, -0.1) is 0 Å². The molecule has 0 aromatic rings. The average molecular weight is 424 g/mol. The standard InChI is InChI=1S/C23H41N3O4/c1-22(30)23(25-21-29)24-15-14-18-26(16-10-6-2-4-8-12-19-27)17-11-7-3-5-9-13-20-28/h19-21H,2-18H2,1H3,(H,24,25,29). The van der Waals surface area contributed by atoms with Crippen LogP contribution in [0, 0.1) is 0 Å². The summed E-state index contributed by atoms with van der Waals surface area (Å²) in [4.78, 5) is 49.3. The summed E-state index contributed by atoms with van der Waals surface area (Å²) in [5.74, 6) is -0.106. The maximum absolute atomic E-state index is 11.4. The highest BCUT2D eigenvalue weighted by molar-refractivity contribution is 6.39. The third kappa shape index (κ3) is 18.2. The molecule has 0 radical (unpaired) electrons. The molecular weight excluding hydrogens is 382 g/mol. The highest BCUT2D eigenvalue weighted by atomic mass is 16.1. The number of aldehydes is 2. The van der Waals surface area contributed by atoms with Crippen LogP contribution in [0.5, 0.6) is 0 Å². The first-order valence-corrected chi connectivity index (χ1v) is 11.5. The largest absolute Gasteiger partial charge is 0.311 e. The predicted molar refractivity (Wildman–Crippen MR) is 121 cm³/mol. The summed E-state index contributed by atoms with van der Waals surface area (Å²) in [5, 5.41) is 2.36. The number of rotatable bonds is 22. The van der Waals surface area contributed by atoms with Gasteiger partial charge in [0.05, 0.1) is 0 Å². The average Bonchev–Trinajstić information content (AvgIpc) is 2.73. The second kappa shape index (κ2) is 21.8. The van der Waals surface area contributed by atoms with Crippen molar-refractivity contribution >= 4 is 30.6 Å². The van der Waals surface area contributed by atoms with Gasteiger partial charge in [0, 0.05) is 26.3 Å². The number of nitrogens with one attached hydrogen (secondary N) is 1. The normalized spacial score (nSPS) is 11.5. The first-order chi connectivity index (χ1) is 14.7. The minimum atomic E-state index is -0.233. The maximum atomic E-state index is 11.4. The molecule has 0 aromatic heterocycles. The number of aliphatic imine (C=N–C) groups is 1. The molecule has 0 saturated heterocycles. The van der Waals surface area contributed by atoms with Crippen molar-refractivity contribution in [1.82, 2.24) is 10.2 Å². The van der Waals surface area contributed by atoms with E-state index in [0.717, 1.165) is 77.2 Å². The lowest BCUT2D eigenvalue weighted by Crippen LogP contribution is -2.30. The molecule has 0 fully saturated rings. The molecule has 0 rings (SSSR count). The van der Waals surface area contributed by atoms with E-state index < -0.39 is 0 Å². The summed E-state index contributed by atoms with van der Waals surface area (Å²) in [6.07, 6.45) is 15.8. The number of Topliss-reactive ketones (excluding diaryl/α,β-unsaturated/α-hetero) is 1. The minimum absolute atomic E-state index is 0.127. The van der Waals surface area contributed by atoms with Crippen molar-refractivity contribution in [3.05, 3.63) is 0 Å². The summed E-state index contributed by atoms with van der Waals surface area (Å²) in [5.41, 5.74) is 0. The molecule has 1 N–H and O–H groups in total. The van der Waals surface area contributed by atoms with Crippen LogP contribution in [0.4, 0.5) is 0 Å². The number of hydrogen-bond donors (Lipinski definition) is 1. The van der Waals surface area contributed by atoms with Gasteiger partial charge in [-0.1, -0.05) is 38.5 Å². The van der Waals surface area contributed by atoms with Gasteiger partial charge in [-0.05, 0) is 51.7 Å². The van der Waals surface area contributed by atoms with Crippen LogP contribution in [0.1, 0.15) is 90.4 Å². The van der Waals surface area contributed by atoms with Crippen LogP contribution in [-0.2, 0) is 19.2 Å². The Morgan fingerprint density at radius 2 is 1.20 bits per heavy atom. The molecular formula is C23H41N3O4. The number of ketones is 1. The van der Waals surface area contributed by atoms with Crippen LogP contribution in [0.3, 0.4) is 0 Å². The lowest BCUT2D eigenvalue weighted by molar-refractivity contribution is -0.113. The van der Waals surface area contributed by atoms with E-state index in [1.54, 1.807) is 0 Å². The molecule has 7 nitrogen and oxygen atoms in total. The molecule has 0 heterocycles. The van der Waals surface area contributed by atoms with E-state index in [9.17, 15) is 19.2 Å². The topological polar surface area (TPSA) is 95.9 Å². The fourth-order valence-corrected chi connectivity index (χ4v) is 3.32. The summed E-state index contributed by atoms with van der Waals surface area (Å²) < 4.78 is 0. The van der Waals surface area contributed by atoms with Gasteiger partial charge in [0.2, 0.25) is 6.41 Å². The highest BCUT2D eigenvalue weighted by Gasteiger charge is 2.06. The fourth-order valence-electron chi connectivity index (χ4n) is 3.32. The highest BCUT2D eigenvalue weighted by Crippen LogP contribution is 2.09. The molecule has 0 aliphatic rings. The molecule has 1 amide bonds. The van der Waals surface area contributed by atoms with Crippen LogP contribution in [0.2, 0.25) is 0 Å². The molecule has 0 spiro atoms. The maximum Gasteiger partial charge on any atom is 0.212 e. The van der Waals surface area contributed by atoms with E-state index in [1.807, 2.05) is 0 Å². The minimum Gasteiger partial charge on any atom is -0.311 e. The summed E-state index contributed by atoms with van der Waals surface area (Å²) in [6, 6.07) is 0.